The van der Waals surface area contributed by atoms with Crippen molar-refractivity contribution in [1.82, 2.24) is 14.7 Å². The average Bonchev–Trinajstić information content (AvgIpc) is 3.02. The van der Waals surface area contributed by atoms with Gasteiger partial charge in [0.25, 0.3) is 0 Å². The van der Waals surface area contributed by atoms with Crippen LogP contribution in [0.25, 0.3) is 0 Å². The number of hydrogen-bond acceptors (Lipinski definition) is 4. The van der Waals surface area contributed by atoms with Crippen molar-refractivity contribution in [3.63, 3.8) is 0 Å². The van der Waals surface area contributed by atoms with Crippen LogP contribution >= 0.6 is 0 Å². The highest BCUT2D eigenvalue weighted by atomic mass is 16.2. The SMILES string of the molecule is O=C(CCN1C(=O)C2CCCCC2C1=O)N1CCN(CCc2ccccc2)CC1. The van der Waals surface area contributed by atoms with Gasteiger partial charge in [0.05, 0.1) is 11.8 Å². The summed E-state index contributed by atoms with van der Waals surface area (Å²) in [6.45, 7) is 4.46. The van der Waals surface area contributed by atoms with Gasteiger partial charge in [-0.15, -0.1) is 0 Å². The van der Waals surface area contributed by atoms with Gasteiger partial charge in [0.1, 0.15) is 0 Å². The molecule has 0 aromatic heterocycles. The second kappa shape index (κ2) is 9.08. The average molecular weight is 398 g/mol. The number of nitrogens with zero attached hydrogens (tertiary/aromatic N) is 3. The van der Waals surface area contributed by atoms with Gasteiger partial charge in [0, 0.05) is 45.7 Å². The number of carbonyl (C=O) groups is 3. The van der Waals surface area contributed by atoms with E-state index in [2.05, 4.69) is 29.2 Å². The van der Waals surface area contributed by atoms with Crippen LogP contribution < -0.4 is 0 Å². The van der Waals surface area contributed by atoms with E-state index in [0.29, 0.717) is 0 Å². The maximum absolute atomic E-state index is 12.6. The second-order valence-electron chi connectivity index (χ2n) is 8.53. The van der Waals surface area contributed by atoms with Crippen LogP contribution in [-0.4, -0.2) is 71.7 Å². The molecule has 2 heterocycles. The summed E-state index contributed by atoms with van der Waals surface area (Å²) < 4.78 is 0. The summed E-state index contributed by atoms with van der Waals surface area (Å²) in [4.78, 5) is 43.4. The van der Waals surface area contributed by atoms with Gasteiger partial charge in [-0.05, 0) is 24.8 Å². The third kappa shape index (κ3) is 4.53. The molecule has 6 heteroatoms. The fourth-order valence-electron chi connectivity index (χ4n) is 4.97. The van der Waals surface area contributed by atoms with Gasteiger partial charge in [-0.2, -0.15) is 0 Å². The molecule has 1 saturated carbocycles. The predicted octanol–water partition coefficient (Wildman–Crippen LogP) is 1.94. The van der Waals surface area contributed by atoms with E-state index in [1.165, 1.54) is 10.5 Å². The molecule has 29 heavy (non-hydrogen) atoms. The number of rotatable bonds is 6. The van der Waals surface area contributed by atoms with E-state index in [4.69, 9.17) is 0 Å². The smallest absolute Gasteiger partial charge is 0.233 e. The van der Waals surface area contributed by atoms with E-state index in [-0.39, 0.29) is 42.5 Å². The normalized spacial score (nSPS) is 25.4. The molecule has 6 nitrogen and oxygen atoms in total. The fourth-order valence-corrected chi connectivity index (χ4v) is 4.97. The molecule has 4 rings (SSSR count). The minimum absolute atomic E-state index is 0.0433. The van der Waals surface area contributed by atoms with Crippen LogP contribution in [-0.2, 0) is 20.8 Å². The molecule has 1 aliphatic carbocycles. The van der Waals surface area contributed by atoms with Gasteiger partial charge in [-0.25, -0.2) is 0 Å². The van der Waals surface area contributed by atoms with Crippen molar-refractivity contribution in [3.8, 4) is 0 Å². The lowest BCUT2D eigenvalue weighted by Crippen LogP contribution is -2.49. The third-order valence-electron chi connectivity index (χ3n) is 6.77. The van der Waals surface area contributed by atoms with Crippen LogP contribution in [0.3, 0.4) is 0 Å². The summed E-state index contributed by atoms with van der Waals surface area (Å²) in [5.74, 6) is -0.279. The van der Waals surface area contributed by atoms with E-state index in [1.807, 2.05) is 11.0 Å². The largest absolute Gasteiger partial charge is 0.340 e. The Morgan fingerprint density at radius 2 is 1.48 bits per heavy atom. The van der Waals surface area contributed by atoms with Crippen LogP contribution in [0.5, 0.6) is 0 Å². The first-order valence-corrected chi connectivity index (χ1v) is 11.0. The molecule has 1 aromatic rings. The molecular weight excluding hydrogens is 366 g/mol. The first-order valence-electron chi connectivity index (χ1n) is 11.0. The Morgan fingerprint density at radius 1 is 0.862 bits per heavy atom. The van der Waals surface area contributed by atoms with E-state index >= 15 is 0 Å². The number of likely N-dealkylation sites (tertiary alicyclic amines) is 1. The fraction of sp³-hybridized carbons (Fsp3) is 0.609. The Morgan fingerprint density at radius 3 is 2.10 bits per heavy atom. The van der Waals surface area contributed by atoms with Crippen molar-refractivity contribution in [3.05, 3.63) is 35.9 Å². The zero-order valence-electron chi connectivity index (χ0n) is 17.1. The summed E-state index contributed by atoms with van der Waals surface area (Å²) in [5, 5.41) is 0. The summed E-state index contributed by atoms with van der Waals surface area (Å²) in [5.41, 5.74) is 1.34. The summed E-state index contributed by atoms with van der Waals surface area (Å²) in [6.07, 6.45) is 4.98. The zero-order valence-corrected chi connectivity index (χ0v) is 17.1. The molecule has 0 bridgehead atoms. The quantitative estimate of drug-likeness (QED) is 0.689. The number of benzene rings is 1. The standard InChI is InChI=1S/C23H31N3O3/c27-21(11-13-26-22(28)19-8-4-5-9-20(19)23(26)29)25-16-14-24(15-17-25)12-10-18-6-2-1-3-7-18/h1-3,6-7,19-20H,4-5,8-17H2. The maximum Gasteiger partial charge on any atom is 0.233 e. The summed E-state index contributed by atoms with van der Waals surface area (Å²) >= 11 is 0. The molecule has 3 amide bonds. The highest BCUT2D eigenvalue weighted by Crippen LogP contribution is 2.38. The third-order valence-corrected chi connectivity index (χ3v) is 6.77. The Bertz CT molecular complexity index is 719. The Kier molecular flexibility index (Phi) is 6.28. The first kappa shape index (κ1) is 20.1. The van der Waals surface area contributed by atoms with Crippen molar-refractivity contribution in [2.75, 3.05) is 39.3 Å². The van der Waals surface area contributed by atoms with Gasteiger partial charge < -0.3 is 4.90 Å². The van der Waals surface area contributed by atoms with Crippen molar-refractivity contribution in [2.24, 2.45) is 11.8 Å². The second-order valence-corrected chi connectivity index (χ2v) is 8.53. The number of hydrogen-bond donors (Lipinski definition) is 0. The highest BCUT2D eigenvalue weighted by molar-refractivity contribution is 6.05. The lowest BCUT2D eigenvalue weighted by Gasteiger charge is -2.35. The first-order chi connectivity index (χ1) is 14.1. The molecule has 156 valence electrons. The molecule has 0 N–H and O–H groups in total. The lowest BCUT2D eigenvalue weighted by molar-refractivity contribution is -0.141. The van der Waals surface area contributed by atoms with Crippen LogP contribution in [0.2, 0.25) is 0 Å². The molecule has 2 unspecified atom stereocenters. The van der Waals surface area contributed by atoms with E-state index < -0.39 is 0 Å². The molecule has 2 atom stereocenters. The van der Waals surface area contributed by atoms with Crippen LogP contribution in [0, 0.1) is 11.8 Å². The van der Waals surface area contributed by atoms with Gasteiger partial charge in [0.2, 0.25) is 17.7 Å². The summed E-state index contributed by atoms with van der Waals surface area (Å²) in [6, 6.07) is 10.5. The van der Waals surface area contributed by atoms with Crippen molar-refractivity contribution >= 4 is 17.7 Å². The number of fused-ring (bicyclic) bond motifs is 1. The maximum atomic E-state index is 12.6. The number of piperazine rings is 1. The molecule has 0 spiro atoms. The van der Waals surface area contributed by atoms with E-state index in [0.717, 1.165) is 64.8 Å². The predicted molar refractivity (Wildman–Crippen MR) is 110 cm³/mol. The molecule has 1 aromatic carbocycles. The Hall–Kier alpha value is -2.21. The van der Waals surface area contributed by atoms with Gasteiger partial charge in [-0.1, -0.05) is 43.2 Å². The summed E-state index contributed by atoms with van der Waals surface area (Å²) in [7, 11) is 0. The topological polar surface area (TPSA) is 60.9 Å². The number of imide groups is 1. The molecule has 3 fully saturated rings. The Balaban J connectivity index is 1.20. The molecule has 2 aliphatic heterocycles. The zero-order chi connectivity index (χ0) is 20.2. The van der Waals surface area contributed by atoms with Gasteiger partial charge in [0.15, 0.2) is 0 Å². The number of amides is 3. The van der Waals surface area contributed by atoms with Crippen molar-refractivity contribution in [1.29, 1.82) is 0 Å². The van der Waals surface area contributed by atoms with Gasteiger partial charge in [-0.3, -0.25) is 24.2 Å². The van der Waals surface area contributed by atoms with Gasteiger partial charge >= 0.3 is 0 Å². The van der Waals surface area contributed by atoms with Crippen molar-refractivity contribution in [2.45, 2.75) is 38.5 Å². The minimum Gasteiger partial charge on any atom is -0.340 e. The molecule has 2 saturated heterocycles. The lowest BCUT2D eigenvalue weighted by atomic mass is 9.81. The van der Waals surface area contributed by atoms with Crippen LogP contribution in [0.1, 0.15) is 37.7 Å². The van der Waals surface area contributed by atoms with Crippen molar-refractivity contribution < 1.29 is 14.4 Å². The molecule has 0 radical (unpaired) electrons. The van der Waals surface area contributed by atoms with E-state index in [1.54, 1.807) is 0 Å². The molecular formula is C23H31N3O3. The monoisotopic (exact) mass is 397 g/mol. The Labute approximate surface area is 172 Å². The highest BCUT2D eigenvalue weighted by Gasteiger charge is 2.47. The molecule has 3 aliphatic rings. The van der Waals surface area contributed by atoms with Crippen LogP contribution in [0.4, 0.5) is 0 Å². The number of carbonyl (C=O) groups excluding carboxylic acids is 3. The minimum atomic E-state index is -0.125. The van der Waals surface area contributed by atoms with E-state index in [9.17, 15) is 14.4 Å². The van der Waals surface area contributed by atoms with Crippen LogP contribution in [0.15, 0.2) is 30.3 Å².